The van der Waals surface area contributed by atoms with E-state index in [1.807, 2.05) is 6.08 Å². The second kappa shape index (κ2) is 47.8. The van der Waals surface area contributed by atoms with E-state index >= 15 is 0 Å². The van der Waals surface area contributed by atoms with Crippen LogP contribution in [0.15, 0.2) is 85.1 Å². The molecule has 0 radical (unpaired) electrons. The van der Waals surface area contributed by atoms with Gasteiger partial charge in [0.1, 0.15) is 24.4 Å². The van der Waals surface area contributed by atoms with Crippen molar-refractivity contribution in [2.75, 3.05) is 13.2 Å². The van der Waals surface area contributed by atoms with E-state index in [0.29, 0.717) is 12.8 Å². The average molecular weight is 998 g/mol. The maximum atomic E-state index is 13.4. The standard InChI is InChI=1S/C60H103NO10/c1-4-7-10-13-16-19-22-24-25-26-27-28-30-32-35-38-41-44-47-53(64)59(68)61-51(52(63)46-43-40-37-34-31-21-18-15-12-9-6-3)50-69-60-58(57(67)56(66)54(49-62)70-60)71-55(65)48-45-42-39-36-33-29-23-20-17-14-11-8-5-2/h7,10,16,19,24-25,27-29,32-33,35,43,46,51-54,56-58,60,62-64,66-67H,4-6,8-9,11-15,17-18,20-23,26,30-31,34,36-42,44-45,47-50H2,1-3H3,(H,61,68)/b10-7-,19-16-,25-24-,28-27-,33-29-,35-32-,46-43+. The molecule has 6 N–H and O–H groups in total. The van der Waals surface area contributed by atoms with E-state index in [1.165, 1.54) is 77.0 Å². The summed E-state index contributed by atoms with van der Waals surface area (Å²) in [5.74, 6) is -1.25. The molecule has 0 saturated carbocycles. The number of esters is 1. The minimum absolute atomic E-state index is 0.0955. The van der Waals surface area contributed by atoms with E-state index in [4.69, 9.17) is 14.2 Å². The average Bonchev–Trinajstić information content (AvgIpc) is 3.37. The molecule has 1 heterocycles. The van der Waals surface area contributed by atoms with Crippen LogP contribution in [-0.2, 0) is 23.8 Å². The van der Waals surface area contributed by atoms with Gasteiger partial charge in [0.2, 0.25) is 5.91 Å². The number of hydrogen-bond donors (Lipinski definition) is 6. The molecule has 8 atom stereocenters. The second-order valence-electron chi connectivity index (χ2n) is 19.3. The van der Waals surface area contributed by atoms with Gasteiger partial charge in [0, 0.05) is 6.42 Å². The highest BCUT2D eigenvalue weighted by atomic mass is 16.7. The van der Waals surface area contributed by atoms with Crippen molar-refractivity contribution in [2.24, 2.45) is 0 Å². The van der Waals surface area contributed by atoms with Crippen LogP contribution in [-0.4, -0.2) is 99.6 Å². The Kier molecular flexibility index (Phi) is 44.4. The molecule has 0 aromatic carbocycles. The molecule has 1 fully saturated rings. The first kappa shape index (κ1) is 65.9. The van der Waals surface area contributed by atoms with Gasteiger partial charge in [-0.25, -0.2) is 0 Å². The highest BCUT2D eigenvalue weighted by molar-refractivity contribution is 5.80. The third kappa shape index (κ3) is 36.4. The normalized spacial score (nSPS) is 20.3. The fourth-order valence-corrected chi connectivity index (χ4v) is 8.26. The van der Waals surface area contributed by atoms with Gasteiger partial charge in [-0.2, -0.15) is 0 Å². The van der Waals surface area contributed by atoms with Crippen LogP contribution < -0.4 is 5.32 Å². The lowest BCUT2D eigenvalue weighted by atomic mass is 9.99. The number of nitrogens with one attached hydrogen (secondary N) is 1. The molecular formula is C60H103NO10. The van der Waals surface area contributed by atoms with Crippen molar-refractivity contribution in [3.63, 3.8) is 0 Å². The molecule has 1 saturated heterocycles. The van der Waals surface area contributed by atoms with Crippen LogP contribution in [0.25, 0.3) is 0 Å². The highest BCUT2D eigenvalue weighted by Crippen LogP contribution is 2.26. The molecule has 1 amide bonds. The smallest absolute Gasteiger partial charge is 0.306 e. The molecule has 1 aliphatic heterocycles. The van der Waals surface area contributed by atoms with Crippen molar-refractivity contribution in [2.45, 2.75) is 269 Å². The Morgan fingerprint density at radius 1 is 0.563 bits per heavy atom. The molecule has 0 aromatic heterocycles. The first-order valence-electron chi connectivity index (χ1n) is 28.4. The van der Waals surface area contributed by atoms with Gasteiger partial charge in [-0.15, -0.1) is 0 Å². The topological polar surface area (TPSA) is 175 Å². The van der Waals surface area contributed by atoms with Gasteiger partial charge in [0.15, 0.2) is 12.4 Å². The van der Waals surface area contributed by atoms with Crippen LogP contribution in [0.3, 0.4) is 0 Å². The number of rotatable bonds is 46. The van der Waals surface area contributed by atoms with Gasteiger partial charge in [-0.1, -0.05) is 202 Å². The summed E-state index contributed by atoms with van der Waals surface area (Å²) in [5, 5.41) is 56.7. The molecule has 0 aliphatic carbocycles. The Labute approximate surface area is 432 Å². The zero-order chi connectivity index (χ0) is 51.8. The SMILES string of the molecule is CC/C=C\C/C=C\C/C=C\C/C=C\C/C=C\CCCCC(O)C(=O)NC(COC1OC(CO)C(O)C(O)C1OC(=O)CCCCC/C=C\CCCCCCCC)C(O)/C=C/CCCCCCCCCCC. The first-order valence-corrected chi connectivity index (χ1v) is 28.4. The first-order chi connectivity index (χ1) is 34.7. The highest BCUT2D eigenvalue weighted by Gasteiger charge is 2.47. The monoisotopic (exact) mass is 998 g/mol. The summed E-state index contributed by atoms with van der Waals surface area (Å²) in [4.78, 5) is 26.4. The predicted molar refractivity (Wildman–Crippen MR) is 292 cm³/mol. The van der Waals surface area contributed by atoms with E-state index in [1.54, 1.807) is 6.08 Å². The Hall–Kier alpha value is -3.16. The Bertz CT molecular complexity index is 1470. The molecule has 0 spiro atoms. The number of carbonyl (C=O) groups is 2. The fourth-order valence-electron chi connectivity index (χ4n) is 8.26. The van der Waals surface area contributed by atoms with Crippen LogP contribution in [0.2, 0.25) is 0 Å². The summed E-state index contributed by atoms with van der Waals surface area (Å²) in [5.41, 5.74) is 0. The second-order valence-corrected chi connectivity index (χ2v) is 19.3. The van der Waals surface area contributed by atoms with Crippen LogP contribution in [0, 0.1) is 0 Å². The van der Waals surface area contributed by atoms with Crippen molar-refractivity contribution < 1.29 is 49.3 Å². The number of aliphatic hydroxyl groups excluding tert-OH is 5. The maximum Gasteiger partial charge on any atom is 0.306 e. The molecule has 0 aromatic rings. The molecule has 11 heteroatoms. The van der Waals surface area contributed by atoms with Gasteiger partial charge in [-0.3, -0.25) is 9.59 Å². The minimum Gasteiger partial charge on any atom is -0.454 e. The quantitative estimate of drug-likeness (QED) is 0.0196. The minimum atomic E-state index is -1.63. The number of unbranched alkanes of at least 4 members (excludes halogenated alkanes) is 20. The summed E-state index contributed by atoms with van der Waals surface area (Å²) in [7, 11) is 0. The maximum absolute atomic E-state index is 13.4. The summed E-state index contributed by atoms with van der Waals surface area (Å²) in [6.45, 7) is 5.60. The van der Waals surface area contributed by atoms with Crippen molar-refractivity contribution in [3.8, 4) is 0 Å². The van der Waals surface area contributed by atoms with Gasteiger partial charge in [0.25, 0.3) is 0 Å². The number of aliphatic hydroxyl groups is 5. The Morgan fingerprint density at radius 3 is 1.54 bits per heavy atom. The molecule has 0 bridgehead atoms. The van der Waals surface area contributed by atoms with E-state index in [-0.39, 0.29) is 19.4 Å². The molecule has 11 nitrogen and oxygen atoms in total. The fraction of sp³-hybridized carbons (Fsp3) is 0.733. The molecule has 71 heavy (non-hydrogen) atoms. The van der Waals surface area contributed by atoms with E-state index < -0.39 is 67.4 Å². The van der Waals surface area contributed by atoms with Gasteiger partial charge in [0.05, 0.1) is 25.4 Å². The van der Waals surface area contributed by atoms with Crippen molar-refractivity contribution in [1.29, 1.82) is 0 Å². The van der Waals surface area contributed by atoms with Crippen LogP contribution in [0.5, 0.6) is 0 Å². The summed E-state index contributed by atoms with van der Waals surface area (Å²) < 4.78 is 17.5. The van der Waals surface area contributed by atoms with Crippen molar-refractivity contribution in [1.82, 2.24) is 5.32 Å². The van der Waals surface area contributed by atoms with Gasteiger partial charge in [-0.05, 0) is 96.3 Å². The third-order valence-corrected chi connectivity index (χ3v) is 12.8. The van der Waals surface area contributed by atoms with Crippen molar-refractivity contribution in [3.05, 3.63) is 85.1 Å². The molecular weight excluding hydrogens is 895 g/mol. The molecule has 1 rings (SSSR count). The van der Waals surface area contributed by atoms with Crippen LogP contribution in [0.4, 0.5) is 0 Å². The lowest BCUT2D eigenvalue weighted by molar-refractivity contribution is -0.305. The summed E-state index contributed by atoms with van der Waals surface area (Å²) in [6, 6.07) is -1.05. The number of hydrogen-bond acceptors (Lipinski definition) is 10. The van der Waals surface area contributed by atoms with Crippen LogP contribution in [0.1, 0.15) is 220 Å². The number of ether oxygens (including phenoxy) is 3. The lowest BCUT2D eigenvalue weighted by Crippen LogP contribution is -2.61. The molecule has 408 valence electrons. The van der Waals surface area contributed by atoms with E-state index in [9.17, 15) is 35.1 Å². The third-order valence-electron chi connectivity index (χ3n) is 12.8. The summed E-state index contributed by atoms with van der Waals surface area (Å²) in [6.07, 6.45) is 50.6. The number of allylic oxidation sites excluding steroid dienone is 13. The number of carbonyl (C=O) groups excluding carboxylic acids is 2. The van der Waals surface area contributed by atoms with Crippen LogP contribution >= 0.6 is 0 Å². The zero-order valence-corrected chi connectivity index (χ0v) is 44.8. The Balaban J connectivity index is 2.77. The van der Waals surface area contributed by atoms with Gasteiger partial charge >= 0.3 is 5.97 Å². The lowest BCUT2D eigenvalue weighted by Gasteiger charge is -2.41. The van der Waals surface area contributed by atoms with Crippen molar-refractivity contribution >= 4 is 11.9 Å². The molecule has 8 unspecified atom stereocenters. The van der Waals surface area contributed by atoms with E-state index in [2.05, 4.69) is 99.0 Å². The Morgan fingerprint density at radius 2 is 1.01 bits per heavy atom. The molecule has 1 aliphatic rings. The predicted octanol–water partition coefficient (Wildman–Crippen LogP) is 12.6. The van der Waals surface area contributed by atoms with Gasteiger partial charge < -0.3 is 45.1 Å². The zero-order valence-electron chi connectivity index (χ0n) is 44.8. The van der Waals surface area contributed by atoms with E-state index in [0.717, 1.165) is 96.3 Å². The number of amides is 1. The largest absolute Gasteiger partial charge is 0.454 e. The summed E-state index contributed by atoms with van der Waals surface area (Å²) >= 11 is 0.